The average Bonchev–Trinajstić information content (AvgIpc) is 2.60. The number of carbonyl (C=O) groups excluding carboxylic acids is 1. The van der Waals surface area contributed by atoms with Crippen molar-refractivity contribution in [3.05, 3.63) is 59.2 Å². The zero-order valence-electron chi connectivity index (χ0n) is 16.6. The smallest absolute Gasteiger partial charge is 0.224 e. The number of nitrogens with one attached hydrogen (secondary N) is 1. The van der Waals surface area contributed by atoms with Gasteiger partial charge in [0.15, 0.2) is 11.5 Å². The van der Waals surface area contributed by atoms with Gasteiger partial charge in [-0.05, 0) is 41.2 Å². The van der Waals surface area contributed by atoms with Gasteiger partial charge >= 0.3 is 0 Å². The molecule has 0 spiro atoms. The van der Waals surface area contributed by atoms with Crippen LogP contribution in [0.2, 0.25) is 0 Å². The molecule has 0 heterocycles. The molecule has 140 valence electrons. The normalized spacial score (nSPS) is 12.4. The molecule has 2 rings (SSSR count). The van der Waals surface area contributed by atoms with Crippen LogP contribution in [-0.4, -0.2) is 20.1 Å². The Kier molecular flexibility index (Phi) is 6.30. The van der Waals surface area contributed by atoms with Crippen LogP contribution in [0.5, 0.6) is 11.5 Å². The fourth-order valence-corrected chi connectivity index (χ4v) is 2.82. The Morgan fingerprint density at radius 1 is 1.00 bits per heavy atom. The molecule has 2 aromatic carbocycles. The molecule has 0 aromatic heterocycles. The van der Waals surface area contributed by atoms with Gasteiger partial charge in [0, 0.05) is 0 Å². The van der Waals surface area contributed by atoms with Gasteiger partial charge < -0.3 is 14.8 Å². The monoisotopic (exact) mass is 355 g/mol. The van der Waals surface area contributed by atoms with Crippen molar-refractivity contribution in [1.29, 1.82) is 0 Å². The van der Waals surface area contributed by atoms with E-state index in [0.29, 0.717) is 17.9 Å². The van der Waals surface area contributed by atoms with E-state index in [2.05, 4.69) is 50.4 Å². The summed E-state index contributed by atoms with van der Waals surface area (Å²) < 4.78 is 10.5. The molecule has 0 bridgehead atoms. The van der Waals surface area contributed by atoms with Crippen molar-refractivity contribution in [1.82, 2.24) is 5.32 Å². The minimum absolute atomic E-state index is 0.0235. The van der Waals surface area contributed by atoms with Crippen LogP contribution in [0.1, 0.15) is 50.4 Å². The first-order chi connectivity index (χ1) is 12.2. The van der Waals surface area contributed by atoms with E-state index in [9.17, 15) is 4.79 Å². The lowest BCUT2D eigenvalue weighted by Crippen LogP contribution is -2.28. The van der Waals surface area contributed by atoms with Crippen LogP contribution in [0.3, 0.4) is 0 Å². The van der Waals surface area contributed by atoms with Crippen LogP contribution < -0.4 is 14.8 Å². The van der Waals surface area contributed by atoms with Gasteiger partial charge in [-0.15, -0.1) is 0 Å². The van der Waals surface area contributed by atoms with Gasteiger partial charge in [0.1, 0.15) is 0 Å². The van der Waals surface area contributed by atoms with Crippen molar-refractivity contribution in [3.63, 3.8) is 0 Å². The molecular weight excluding hydrogens is 326 g/mol. The number of hydrogen-bond donors (Lipinski definition) is 1. The quantitative estimate of drug-likeness (QED) is 0.834. The Labute approximate surface area is 156 Å². The Morgan fingerprint density at radius 3 is 2.15 bits per heavy atom. The zero-order valence-corrected chi connectivity index (χ0v) is 16.6. The van der Waals surface area contributed by atoms with E-state index < -0.39 is 0 Å². The molecule has 2 aromatic rings. The molecule has 0 aliphatic heterocycles. The lowest BCUT2D eigenvalue weighted by Gasteiger charge is -2.21. The van der Waals surface area contributed by atoms with Crippen molar-refractivity contribution in [2.75, 3.05) is 14.2 Å². The molecule has 1 atom stereocenters. The fraction of sp³-hybridized carbons (Fsp3) is 0.409. The standard InChI is InChI=1S/C22H29NO3/c1-15(17-8-10-18(11-9-17)22(2,3)4)23-21(24)14-16-7-12-19(25-5)20(13-16)26-6/h7-13,15H,14H2,1-6H3,(H,23,24)/t15-/m0/s1. The molecule has 0 saturated carbocycles. The lowest BCUT2D eigenvalue weighted by atomic mass is 9.86. The summed E-state index contributed by atoms with van der Waals surface area (Å²) in [6.07, 6.45) is 0.296. The molecule has 0 saturated heterocycles. The predicted octanol–water partition coefficient (Wildman–Crippen LogP) is 4.42. The van der Waals surface area contributed by atoms with Crippen LogP contribution in [0.25, 0.3) is 0 Å². The molecule has 0 aliphatic carbocycles. The summed E-state index contributed by atoms with van der Waals surface area (Å²) in [4.78, 5) is 12.4. The first-order valence-corrected chi connectivity index (χ1v) is 8.85. The number of ether oxygens (including phenoxy) is 2. The molecule has 1 N–H and O–H groups in total. The summed E-state index contributed by atoms with van der Waals surface area (Å²) in [6, 6.07) is 13.9. The van der Waals surface area contributed by atoms with Crippen molar-refractivity contribution < 1.29 is 14.3 Å². The first kappa shape index (κ1) is 19.8. The van der Waals surface area contributed by atoms with Crippen molar-refractivity contribution in [3.8, 4) is 11.5 Å². The average molecular weight is 355 g/mol. The van der Waals surface area contributed by atoms with Crippen LogP contribution in [0.15, 0.2) is 42.5 Å². The number of amides is 1. The fourth-order valence-electron chi connectivity index (χ4n) is 2.82. The molecule has 4 nitrogen and oxygen atoms in total. The van der Waals surface area contributed by atoms with Crippen molar-refractivity contribution in [2.45, 2.75) is 45.6 Å². The third-order valence-corrected chi connectivity index (χ3v) is 4.47. The minimum Gasteiger partial charge on any atom is -0.493 e. The van der Waals surface area contributed by atoms with Gasteiger partial charge in [-0.1, -0.05) is 51.1 Å². The molecule has 0 radical (unpaired) electrons. The van der Waals surface area contributed by atoms with Gasteiger partial charge in [-0.25, -0.2) is 0 Å². The van der Waals surface area contributed by atoms with E-state index >= 15 is 0 Å². The highest BCUT2D eigenvalue weighted by Crippen LogP contribution is 2.28. The zero-order chi connectivity index (χ0) is 19.3. The van der Waals surface area contributed by atoms with Gasteiger partial charge in [-0.2, -0.15) is 0 Å². The number of rotatable bonds is 6. The largest absolute Gasteiger partial charge is 0.493 e. The van der Waals surface area contributed by atoms with Gasteiger partial charge in [-0.3, -0.25) is 4.79 Å². The maximum Gasteiger partial charge on any atom is 0.224 e. The third-order valence-electron chi connectivity index (χ3n) is 4.47. The highest BCUT2D eigenvalue weighted by Gasteiger charge is 2.15. The van der Waals surface area contributed by atoms with E-state index in [4.69, 9.17) is 9.47 Å². The maximum atomic E-state index is 12.4. The summed E-state index contributed by atoms with van der Waals surface area (Å²) in [5, 5.41) is 3.06. The second-order valence-electron chi connectivity index (χ2n) is 7.53. The number of benzene rings is 2. The van der Waals surface area contributed by atoms with E-state index in [-0.39, 0.29) is 17.4 Å². The van der Waals surface area contributed by atoms with Crippen LogP contribution >= 0.6 is 0 Å². The maximum absolute atomic E-state index is 12.4. The van der Waals surface area contributed by atoms with E-state index in [1.807, 2.05) is 25.1 Å². The first-order valence-electron chi connectivity index (χ1n) is 8.85. The summed E-state index contributed by atoms with van der Waals surface area (Å²) in [5.74, 6) is 1.26. The molecule has 4 heteroatoms. The minimum atomic E-state index is -0.0448. The summed E-state index contributed by atoms with van der Waals surface area (Å²) in [7, 11) is 3.18. The number of hydrogen-bond acceptors (Lipinski definition) is 3. The van der Waals surface area contributed by atoms with Gasteiger partial charge in [0.25, 0.3) is 0 Å². The molecule has 0 aliphatic rings. The van der Waals surface area contributed by atoms with Crippen molar-refractivity contribution >= 4 is 5.91 Å². The molecule has 26 heavy (non-hydrogen) atoms. The van der Waals surface area contributed by atoms with E-state index in [1.165, 1.54) is 5.56 Å². The highest BCUT2D eigenvalue weighted by molar-refractivity contribution is 5.79. The summed E-state index contributed by atoms with van der Waals surface area (Å²) in [5.41, 5.74) is 3.39. The third kappa shape index (κ3) is 5.01. The molecule has 1 amide bonds. The predicted molar refractivity (Wildman–Crippen MR) is 105 cm³/mol. The SMILES string of the molecule is COc1ccc(CC(=O)N[C@@H](C)c2ccc(C(C)(C)C)cc2)cc1OC. The van der Waals surface area contributed by atoms with Gasteiger partial charge in [0.2, 0.25) is 5.91 Å². The topological polar surface area (TPSA) is 47.6 Å². The molecule has 0 unspecified atom stereocenters. The van der Waals surface area contributed by atoms with Crippen LogP contribution in [0, 0.1) is 0 Å². The number of carbonyl (C=O) groups is 1. The Balaban J connectivity index is 2.01. The second-order valence-corrected chi connectivity index (χ2v) is 7.53. The van der Waals surface area contributed by atoms with Crippen LogP contribution in [-0.2, 0) is 16.6 Å². The van der Waals surface area contributed by atoms with Crippen LogP contribution in [0.4, 0.5) is 0 Å². The summed E-state index contributed by atoms with van der Waals surface area (Å²) in [6.45, 7) is 8.57. The Morgan fingerprint density at radius 2 is 1.62 bits per heavy atom. The van der Waals surface area contributed by atoms with E-state index in [0.717, 1.165) is 11.1 Å². The van der Waals surface area contributed by atoms with Gasteiger partial charge in [0.05, 0.1) is 26.7 Å². The molecule has 0 fully saturated rings. The highest BCUT2D eigenvalue weighted by atomic mass is 16.5. The Hall–Kier alpha value is -2.49. The lowest BCUT2D eigenvalue weighted by molar-refractivity contribution is -0.121. The van der Waals surface area contributed by atoms with E-state index in [1.54, 1.807) is 14.2 Å². The second kappa shape index (κ2) is 8.26. The van der Waals surface area contributed by atoms with Crippen molar-refractivity contribution in [2.24, 2.45) is 0 Å². The summed E-state index contributed by atoms with van der Waals surface area (Å²) >= 11 is 0. The Bertz CT molecular complexity index is 745. The molecular formula is C22H29NO3. The number of methoxy groups -OCH3 is 2.